The average molecular weight is 529 g/mol. The second-order valence-electron chi connectivity index (χ2n) is 9.53. The highest BCUT2D eigenvalue weighted by molar-refractivity contribution is 7.99. The fraction of sp³-hybridized carbons (Fsp3) is 0.214. The quantitative estimate of drug-likeness (QED) is 0.314. The molecule has 7 rings (SSSR count). The largest absolute Gasteiger partial charge is 0.339 e. The first-order chi connectivity index (χ1) is 18.0. The van der Waals surface area contributed by atoms with Crippen LogP contribution in [0.3, 0.4) is 0 Å². The van der Waals surface area contributed by atoms with E-state index in [1.165, 1.54) is 0 Å². The van der Waals surface area contributed by atoms with Crippen LogP contribution >= 0.6 is 23.4 Å². The summed E-state index contributed by atoms with van der Waals surface area (Å²) in [6.07, 6.45) is 2.32. The SMILES string of the molecule is O=C1C[C@H](c2nc(-c3ccc4c(c3)Sc3ccccc3C(=O)N4C3CC3)no2)CN1c1cccc(Cl)c1. The van der Waals surface area contributed by atoms with Crippen molar-refractivity contribution >= 4 is 46.6 Å². The Bertz CT molecular complexity index is 1570. The van der Waals surface area contributed by atoms with Gasteiger partial charge in [0.25, 0.3) is 5.91 Å². The molecule has 9 heteroatoms. The highest BCUT2D eigenvalue weighted by Crippen LogP contribution is 2.46. The lowest BCUT2D eigenvalue weighted by atomic mass is 10.1. The zero-order valence-corrected chi connectivity index (χ0v) is 21.2. The van der Waals surface area contributed by atoms with Crippen molar-refractivity contribution in [2.24, 2.45) is 0 Å². The van der Waals surface area contributed by atoms with E-state index in [-0.39, 0.29) is 23.8 Å². The molecule has 1 aliphatic carbocycles. The molecule has 184 valence electrons. The monoisotopic (exact) mass is 528 g/mol. The Morgan fingerprint density at radius 3 is 2.68 bits per heavy atom. The Labute approximate surface area is 222 Å². The summed E-state index contributed by atoms with van der Waals surface area (Å²) >= 11 is 7.71. The van der Waals surface area contributed by atoms with Gasteiger partial charge in [0, 0.05) is 45.1 Å². The lowest BCUT2D eigenvalue weighted by Gasteiger charge is -2.22. The van der Waals surface area contributed by atoms with Crippen molar-refractivity contribution in [2.75, 3.05) is 16.3 Å². The minimum atomic E-state index is -0.196. The lowest BCUT2D eigenvalue weighted by molar-refractivity contribution is -0.117. The van der Waals surface area contributed by atoms with E-state index in [9.17, 15) is 9.59 Å². The van der Waals surface area contributed by atoms with E-state index >= 15 is 0 Å². The minimum Gasteiger partial charge on any atom is -0.339 e. The van der Waals surface area contributed by atoms with Gasteiger partial charge in [-0.3, -0.25) is 9.59 Å². The molecule has 2 fully saturated rings. The van der Waals surface area contributed by atoms with Crippen LogP contribution in [0.2, 0.25) is 5.02 Å². The summed E-state index contributed by atoms with van der Waals surface area (Å²) in [5.41, 5.74) is 3.21. The van der Waals surface area contributed by atoms with Gasteiger partial charge in [-0.2, -0.15) is 4.98 Å². The number of anilines is 2. The molecule has 0 bridgehead atoms. The molecule has 0 N–H and O–H groups in total. The van der Waals surface area contributed by atoms with Crippen LogP contribution in [0.25, 0.3) is 11.4 Å². The molecule has 1 atom stereocenters. The zero-order chi connectivity index (χ0) is 25.1. The Morgan fingerprint density at radius 2 is 1.84 bits per heavy atom. The van der Waals surface area contributed by atoms with E-state index in [1.54, 1.807) is 28.8 Å². The third kappa shape index (κ3) is 4.01. The van der Waals surface area contributed by atoms with Crippen LogP contribution < -0.4 is 9.80 Å². The summed E-state index contributed by atoms with van der Waals surface area (Å²) in [6.45, 7) is 0.454. The maximum atomic E-state index is 13.4. The van der Waals surface area contributed by atoms with Crippen LogP contribution in [0, 0.1) is 0 Å². The fourth-order valence-corrected chi connectivity index (χ4v) is 6.29. The molecule has 3 aliphatic rings. The number of carbonyl (C=O) groups is 2. The highest BCUT2D eigenvalue weighted by Gasteiger charge is 2.38. The van der Waals surface area contributed by atoms with Gasteiger partial charge in [0.1, 0.15) is 0 Å². The van der Waals surface area contributed by atoms with Crippen molar-refractivity contribution in [2.45, 2.75) is 41.0 Å². The minimum absolute atomic E-state index is 0.00283. The number of hydrogen-bond donors (Lipinski definition) is 0. The molecule has 3 aromatic carbocycles. The van der Waals surface area contributed by atoms with Gasteiger partial charge in [0.05, 0.1) is 17.2 Å². The van der Waals surface area contributed by atoms with Crippen molar-refractivity contribution in [3.05, 3.63) is 83.2 Å². The molecule has 7 nitrogen and oxygen atoms in total. The van der Waals surface area contributed by atoms with Crippen LogP contribution in [-0.4, -0.2) is 34.5 Å². The van der Waals surface area contributed by atoms with Crippen molar-refractivity contribution in [3.8, 4) is 11.4 Å². The Kier molecular flexibility index (Phi) is 5.33. The summed E-state index contributed by atoms with van der Waals surface area (Å²) < 4.78 is 5.63. The molecular formula is C28H21ClN4O3S. The number of nitrogens with zero attached hydrogens (tertiary/aromatic N) is 4. The van der Waals surface area contributed by atoms with E-state index < -0.39 is 0 Å². The van der Waals surface area contributed by atoms with Gasteiger partial charge < -0.3 is 14.3 Å². The number of halogens is 1. The van der Waals surface area contributed by atoms with E-state index in [1.807, 2.05) is 59.5 Å². The van der Waals surface area contributed by atoms with Crippen LogP contribution in [-0.2, 0) is 4.79 Å². The molecule has 37 heavy (non-hydrogen) atoms. The van der Waals surface area contributed by atoms with Gasteiger partial charge in [-0.1, -0.05) is 46.7 Å². The summed E-state index contributed by atoms with van der Waals surface area (Å²) in [7, 11) is 0. The first kappa shape index (κ1) is 22.6. The molecule has 4 aromatic rings. The van der Waals surface area contributed by atoms with Crippen molar-refractivity contribution in [1.82, 2.24) is 10.1 Å². The molecule has 1 saturated carbocycles. The normalized spacial score (nSPS) is 19.1. The summed E-state index contributed by atoms with van der Waals surface area (Å²) in [6, 6.07) is 21.2. The van der Waals surface area contributed by atoms with E-state index in [2.05, 4.69) is 10.1 Å². The van der Waals surface area contributed by atoms with Gasteiger partial charge in [0.15, 0.2) is 0 Å². The number of carbonyl (C=O) groups excluding carboxylic acids is 2. The molecule has 0 radical (unpaired) electrons. The first-order valence-corrected chi connectivity index (χ1v) is 13.4. The summed E-state index contributed by atoms with van der Waals surface area (Å²) in [4.78, 5) is 36.3. The van der Waals surface area contributed by atoms with Crippen molar-refractivity contribution in [1.29, 1.82) is 0 Å². The summed E-state index contributed by atoms with van der Waals surface area (Å²) in [5, 5.41) is 4.82. The van der Waals surface area contributed by atoms with Crippen LogP contribution in [0.1, 0.15) is 41.4 Å². The van der Waals surface area contributed by atoms with Gasteiger partial charge in [0.2, 0.25) is 17.6 Å². The van der Waals surface area contributed by atoms with Gasteiger partial charge in [-0.25, -0.2) is 0 Å². The maximum absolute atomic E-state index is 13.4. The highest BCUT2D eigenvalue weighted by atomic mass is 35.5. The topological polar surface area (TPSA) is 79.5 Å². The Morgan fingerprint density at radius 1 is 0.973 bits per heavy atom. The number of benzene rings is 3. The van der Waals surface area contributed by atoms with Gasteiger partial charge >= 0.3 is 0 Å². The van der Waals surface area contributed by atoms with Crippen LogP contribution in [0.15, 0.2) is 81.0 Å². The molecule has 3 heterocycles. The smallest absolute Gasteiger partial charge is 0.259 e. The number of amides is 2. The first-order valence-electron chi connectivity index (χ1n) is 12.2. The zero-order valence-electron chi connectivity index (χ0n) is 19.6. The number of fused-ring (bicyclic) bond motifs is 2. The van der Waals surface area contributed by atoms with Gasteiger partial charge in [-0.05, 0) is 61.4 Å². The van der Waals surface area contributed by atoms with Crippen molar-refractivity contribution in [3.63, 3.8) is 0 Å². The third-order valence-electron chi connectivity index (χ3n) is 6.98. The fourth-order valence-electron chi connectivity index (χ4n) is 5.00. The molecular weight excluding hydrogens is 508 g/mol. The molecule has 0 unspecified atom stereocenters. The Balaban J connectivity index is 1.19. The Hall–Kier alpha value is -3.62. The number of aromatic nitrogens is 2. The molecule has 1 aromatic heterocycles. The molecule has 0 spiro atoms. The number of hydrogen-bond acceptors (Lipinski definition) is 6. The molecule has 2 amide bonds. The van der Waals surface area contributed by atoms with E-state index in [0.29, 0.717) is 29.7 Å². The molecule has 1 saturated heterocycles. The lowest BCUT2D eigenvalue weighted by Crippen LogP contribution is -2.32. The second-order valence-corrected chi connectivity index (χ2v) is 11.0. The molecule has 2 aliphatic heterocycles. The predicted octanol–water partition coefficient (Wildman–Crippen LogP) is 6.18. The second kappa shape index (κ2) is 8.75. The van der Waals surface area contributed by atoms with Crippen LogP contribution in [0.5, 0.6) is 0 Å². The van der Waals surface area contributed by atoms with Crippen molar-refractivity contribution < 1.29 is 14.1 Å². The van der Waals surface area contributed by atoms with E-state index in [4.69, 9.17) is 16.1 Å². The number of rotatable bonds is 4. The summed E-state index contributed by atoms with van der Waals surface area (Å²) in [5.74, 6) is 0.758. The van der Waals surface area contributed by atoms with Gasteiger partial charge in [-0.15, -0.1) is 0 Å². The average Bonchev–Trinajstić information content (AvgIpc) is 3.49. The van der Waals surface area contributed by atoms with E-state index in [0.717, 1.165) is 45.1 Å². The standard InChI is InChI=1S/C28H21ClN4O3S/c29-18-4-3-5-20(14-18)32-15-17(13-25(32)34)27-30-26(31-36-27)16-8-11-22-24(12-16)37-23-7-2-1-6-21(23)28(35)33(22)19-9-10-19/h1-8,11-12,14,17,19H,9-10,13,15H2/t17-/m0/s1. The third-order valence-corrected chi connectivity index (χ3v) is 8.34. The maximum Gasteiger partial charge on any atom is 0.259 e. The van der Waals surface area contributed by atoms with Crippen LogP contribution in [0.4, 0.5) is 11.4 Å². The predicted molar refractivity (Wildman–Crippen MR) is 141 cm³/mol.